The summed E-state index contributed by atoms with van der Waals surface area (Å²) in [5.74, 6) is -0.748. The predicted octanol–water partition coefficient (Wildman–Crippen LogP) is 1.03. The highest BCUT2D eigenvalue weighted by atomic mass is 35.5. The van der Waals surface area contributed by atoms with Gasteiger partial charge in [-0.05, 0) is 12.1 Å². The van der Waals surface area contributed by atoms with Crippen molar-refractivity contribution in [2.45, 2.75) is 0 Å². The molecule has 1 aromatic carbocycles. The Labute approximate surface area is 124 Å². The van der Waals surface area contributed by atoms with E-state index in [-0.39, 0.29) is 18.1 Å². The molecular weight excluding hydrogens is 296 g/mol. The van der Waals surface area contributed by atoms with E-state index in [9.17, 15) is 9.59 Å². The minimum Gasteiger partial charge on any atom is -0.360 e. The van der Waals surface area contributed by atoms with Crippen LogP contribution in [0.4, 0.5) is 4.79 Å². The quantitative estimate of drug-likeness (QED) is 0.577. The number of nitrogens with zero attached hydrogens (tertiary/aromatic N) is 5. The van der Waals surface area contributed by atoms with Crippen molar-refractivity contribution < 1.29 is 14.4 Å². The van der Waals surface area contributed by atoms with Crippen LogP contribution in [0.3, 0.4) is 0 Å². The molecule has 0 atom stereocenters. The molecule has 0 unspecified atom stereocenters. The lowest BCUT2D eigenvalue weighted by Crippen LogP contribution is -2.39. The average molecular weight is 305 g/mol. The highest BCUT2D eigenvalue weighted by Gasteiger charge is 2.24. The number of carbonyl (C=O) groups is 2. The second-order valence-electron chi connectivity index (χ2n) is 3.59. The standard InChI is InChI=1S/C8H6N2.C4H2N4O2.ClH/c1-2-4-8-7(3-1)5-6-9-10-8;5-8-2-1-6-4(10)7-3(2)9;/h1-6H;1H,(H,7,9,10);1H. The van der Waals surface area contributed by atoms with Crippen LogP contribution in [-0.2, 0) is 4.79 Å². The molecule has 0 aliphatic carbocycles. The van der Waals surface area contributed by atoms with Gasteiger partial charge in [-0.2, -0.15) is 20.0 Å². The molecular formula is C12H9ClN6O2. The molecule has 8 nitrogen and oxygen atoms in total. The normalized spacial score (nSPS) is 12.7. The fourth-order valence-corrected chi connectivity index (χ4v) is 1.37. The van der Waals surface area contributed by atoms with Crippen LogP contribution in [-0.4, -0.2) is 38.9 Å². The van der Waals surface area contributed by atoms with E-state index in [1.165, 1.54) is 0 Å². The van der Waals surface area contributed by atoms with Gasteiger partial charge in [-0.15, -0.1) is 12.4 Å². The maximum absolute atomic E-state index is 10.5. The molecule has 0 radical (unpaired) electrons. The van der Waals surface area contributed by atoms with Crippen LogP contribution in [0.15, 0.2) is 41.5 Å². The summed E-state index contributed by atoms with van der Waals surface area (Å²) in [5.41, 5.74) is 8.74. The van der Waals surface area contributed by atoms with E-state index in [2.05, 4.69) is 20.0 Å². The van der Waals surface area contributed by atoms with Gasteiger partial charge in [0.2, 0.25) is 0 Å². The molecule has 0 spiro atoms. The van der Waals surface area contributed by atoms with Gasteiger partial charge in [0.1, 0.15) is 6.21 Å². The summed E-state index contributed by atoms with van der Waals surface area (Å²) < 4.78 is 0. The Morgan fingerprint density at radius 1 is 1.14 bits per heavy atom. The summed E-state index contributed by atoms with van der Waals surface area (Å²) in [4.78, 5) is 26.5. The largest absolute Gasteiger partial charge is 0.397 e. The van der Waals surface area contributed by atoms with Gasteiger partial charge in [0.15, 0.2) is 0 Å². The van der Waals surface area contributed by atoms with E-state index in [4.69, 9.17) is 5.53 Å². The Balaban J connectivity index is 0.000000200. The van der Waals surface area contributed by atoms with Crippen molar-refractivity contribution in [1.82, 2.24) is 15.5 Å². The zero-order valence-corrected chi connectivity index (χ0v) is 11.3. The third kappa shape index (κ3) is 4.27. The summed E-state index contributed by atoms with van der Waals surface area (Å²) in [7, 11) is 0. The van der Waals surface area contributed by atoms with Gasteiger partial charge in [-0.1, -0.05) is 18.2 Å². The van der Waals surface area contributed by atoms with Crippen molar-refractivity contribution >= 4 is 47.2 Å². The molecule has 1 aliphatic heterocycles. The van der Waals surface area contributed by atoms with Crippen LogP contribution in [0.5, 0.6) is 0 Å². The zero-order chi connectivity index (χ0) is 14.4. The predicted molar refractivity (Wildman–Crippen MR) is 77.4 cm³/mol. The van der Waals surface area contributed by atoms with Gasteiger partial charge in [0, 0.05) is 5.39 Å². The Hall–Kier alpha value is -2.96. The first-order valence-corrected chi connectivity index (χ1v) is 5.48. The molecule has 0 saturated heterocycles. The van der Waals surface area contributed by atoms with Crippen molar-refractivity contribution in [3.05, 3.63) is 42.1 Å². The van der Waals surface area contributed by atoms with Crippen molar-refractivity contribution in [3.63, 3.8) is 0 Å². The lowest BCUT2D eigenvalue weighted by Gasteiger charge is -1.96. The fourth-order valence-electron chi connectivity index (χ4n) is 1.37. The van der Waals surface area contributed by atoms with Crippen molar-refractivity contribution in [3.8, 4) is 0 Å². The van der Waals surface area contributed by atoms with E-state index in [0.29, 0.717) is 0 Å². The Morgan fingerprint density at radius 2 is 1.90 bits per heavy atom. The number of imide groups is 1. The SMILES string of the molecule is Cl.[N-]=[N+]=C1C=NC(=O)NC1=O.c1ccc2nnccc2c1. The topological polar surface area (TPSA) is 121 Å². The highest BCUT2D eigenvalue weighted by Crippen LogP contribution is 2.06. The molecule has 0 saturated carbocycles. The summed E-state index contributed by atoms with van der Waals surface area (Å²) in [6.45, 7) is 0. The number of halogens is 1. The Bertz CT molecular complexity index is 689. The molecule has 2 aromatic rings. The van der Waals surface area contributed by atoms with Crippen LogP contribution in [0, 0.1) is 0 Å². The molecule has 1 N–H and O–H groups in total. The molecule has 9 heteroatoms. The minimum absolute atomic E-state index is 0. The maximum Gasteiger partial charge on any atom is 0.397 e. The second-order valence-corrected chi connectivity index (χ2v) is 3.59. The van der Waals surface area contributed by atoms with Crippen molar-refractivity contribution in [2.75, 3.05) is 0 Å². The van der Waals surface area contributed by atoms with Gasteiger partial charge in [0.25, 0.3) is 0 Å². The Morgan fingerprint density at radius 3 is 2.57 bits per heavy atom. The van der Waals surface area contributed by atoms with Crippen LogP contribution < -0.4 is 5.32 Å². The fraction of sp³-hybridized carbons (Fsp3) is 0. The summed E-state index contributed by atoms with van der Waals surface area (Å²) in [6, 6.07) is 9.10. The Kier molecular flexibility index (Phi) is 5.81. The van der Waals surface area contributed by atoms with Crippen LogP contribution >= 0.6 is 12.4 Å². The van der Waals surface area contributed by atoms with Gasteiger partial charge >= 0.3 is 17.6 Å². The number of aliphatic imine (C=N–C) groups is 1. The molecule has 0 fully saturated rings. The first kappa shape index (κ1) is 16.1. The molecule has 2 heterocycles. The minimum atomic E-state index is -0.752. The number of urea groups is 1. The van der Waals surface area contributed by atoms with Crippen LogP contribution in [0.2, 0.25) is 0 Å². The number of hydrogen-bond donors (Lipinski definition) is 1. The summed E-state index contributed by atoms with van der Waals surface area (Å²) in [5, 5.41) is 10.6. The van der Waals surface area contributed by atoms with Gasteiger partial charge in [-0.25, -0.2) is 4.79 Å². The van der Waals surface area contributed by atoms with E-state index < -0.39 is 11.9 Å². The molecule has 3 amide bonds. The van der Waals surface area contributed by atoms with Gasteiger partial charge in [-0.3, -0.25) is 10.1 Å². The van der Waals surface area contributed by atoms with Crippen molar-refractivity contribution in [2.24, 2.45) is 4.99 Å². The first-order valence-electron chi connectivity index (χ1n) is 5.48. The van der Waals surface area contributed by atoms with Crippen LogP contribution in [0.1, 0.15) is 0 Å². The highest BCUT2D eigenvalue weighted by molar-refractivity contribution is 6.61. The molecule has 0 bridgehead atoms. The molecule has 21 heavy (non-hydrogen) atoms. The number of hydrogen-bond acceptors (Lipinski definition) is 4. The van der Waals surface area contributed by atoms with E-state index >= 15 is 0 Å². The lowest BCUT2D eigenvalue weighted by molar-refractivity contribution is -0.117. The number of rotatable bonds is 0. The lowest BCUT2D eigenvalue weighted by atomic mass is 10.2. The van der Waals surface area contributed by atoms with E-state index in [1.54, 1.807) is 6.20 Å². The number of carbonyl (C=O) groups excluding carboxylic acids is 2. The first-order chi connectivity index (χ1) is 9.70. The number of fused-ring (bicyclic) bond motifs is 1. The average Bonchev–Trinajstić information content (AvgIpc) is 2.48. The van der Waals surface area contributed by atoms with E-state index in [0.717, 1.165) is 17.1 Å². The number of nitrogens with one attached hydrogen (secondary N) is 1. The number of aromatic nitrogens is 2. The van der Waals surface area contributed by atoms with Gasteiger partial charge < -0.3 is 5.53 Å². The smallest absolute Gasteiger partial charge is 0.360 e. The summed E-state index contributed by atoms with van der Waals surface area (Å²) >= 11 is 0. The third-order valence-electron chi connectivity index (χ3n) is 2.29. The molecule has 1 aromatic heterocycles. The van der Waals surface area contributed by atoms with Gasteiger partial charge in [0.05, 0.1) is 11.7 Å². The number of benzene rings is 1. The molecule has 1 aliphatic rings. The summed E-state index contributed by atoms with van der Waals surface area (Å²) in [6.07, 6.45) is 2.59. The zero-order valence-electron chi connectivity index (χ0n) is 10.5. The van der Waals surface area contributed by atoms with Crippen molar-refractivity contribution in [1.29, 1.82) is 0 Å². The van der Waals surface area contributed by atoms with Crippen LogP contribution in [0.25, 0.3) is 16.4 Å². The maximum atomic E-state index is 10.5. The van der Waals surface area contributed by atoms with E-state index in [1.807, 2.05) is 35.6 Å². The number of amides is 3. The molecule has 3 rings (SSSR count). The molecule has 106 valence electrons. The third-order valence-corrected chi connectivity index (χ3v) is 2.29. The second kappa shape index (κ2) is 7.59. The monoisotopic (exact) mass is 304 g/mol.